The predicted octanol–water partition coefficient (Wildman–Crippen LogP) is 2.53. The minimum atomic E-state index is 0.405. The number of alkyl halides is 1. The second-order valence-electron chi connectivity index (χ2n) is 3.68. The lowest BCUT2D eigenvalue weighted by Crippen LogP contribution is -2.29. The van der Waals surface area contributed by atoms with E-state index >= 15 is 0 Å². The van der Waals surface area contributed by atoms with Crippen molar-refractivity contribution in [1.29, 1.82) is 0 Å². The highest BCUT2D eigenvalue weighted by Crippen LogP contribution is 2.31. The second kappa shape index (κ2) is 4.45. The van der Waals surface area contributed by atoms with Crippen LogP contribution in [0.15, 0.2) is 0 Å². The Morgan fingerprint density at radius 3 is 2.93 bits per heavy atom. The zero-order chi connectivity index (χ0) is 9.97. The standard InChI is InChI=1S/C9H14ClN3S/c1-2-8-12-9(14-13-8)11-5-6-3-7(10)4-6/h6-7H,2-5H2,1H3,(H,11,12,13). The molecule has 0 aliphatic heterocycles. The van der Waals surface area contributed by atoms with Crippen molar-refractivity contribution in [2.24, 2.45) is 5.92 Å². The highest BCUT2D eigenvalue weighted by molar-refractivity contribution is 7.09. The van der Waals surface area contributed by atoms with Crippen LogP contribution in [0, 0.1) is 5.92 Å². The van der Waals surface area contributed by atoms with E-state index in [1.54, 1.807) is 0 Å². The lowest BCUT2D eigenvalue weighted by molar-refractivity contribution is 0.341. The minimum Gasteiger partial charge on any atom is -0.360 e. The van der Waals surface area contributed by atoms with Gasteiger partial charge in [-0.05, 0) is 18.8 Å². The van der Waals surface area contributed by atoms with E-state index in [9.17, 15) is 0 Å². The Morgan fingerprint density at radius 1 is 1.57 bits per heavy atom. The summed E-state index contributed by atoms with van der Waals surface area (Å²) in [5.74, 6) is 1.66. The van der Waals surface area contributed by atoms with Crippen molar-refractivity contribution in [3.63, 3.8) is 0 Å². The molecule has 0 saturated heterocycles. The van der Waals surface area contributed by atoms with Crippen molar-refractivity contribution in [3.05, 3.63) is 5.82 Å². The maximum Gasteiger partial charge on any atom is 0.202 e. The SMILES string of the molecule is CCc1nsc(NCC2CC(Cl)C2)n1. The maximum absolute atomic E-state index is 5.90. The Hall–Kier alpha value is -0.350. The van der Waals surface area contributed by atoms with Gasteiger partial charge in [-0.25, -0.2) is 4.98 Å². The number of aromatic nitrogens is 2. The van der Waals surface area contributed by atoms with E-state index in [-0.39, 0.29) is 0 Å². The number of halogens is 1. The zero-order valence-electron chi connectivity index (χ0n) is 8.16. The third-order valence-corrected chi connectivity index (χ3v) is 3.57. The van der Waals surface area contributed by atoms with Gasteiger partial charge in [0, 0.05) is 29.9 Å². The summed E-state index contributed by atoms with van der Waals surface area (Å²) in [5.41, 5.74) is 0. The van der Waals surface area contributed by atoms with Gasteiger partial charge < -0.3 is 5.32 Å². The van der Waals surface area contributed by atoms with E-state index in [1.807, 2.05) is 0 Å². The molecule has 1 aromatic rings. The molecule has 0 atom stereocenters. The van der Waals surface area contributed by atoms with Gasteiger partial charge in [0.05, 0.1) is 0 Å². The van der Waals surface area contributed by atoms with Crippen molar-refractivity contribution < 1.29 is 0 Å². The average molecular weight is 232 g/mol. The van der Waals surface area contributed by atoms with Crippen LogP contribution >= 0.6 is 23.1 Å². The third-order valence-electron chi connectivity index (χ3n) is 2.50. The Kier molecular flexibility index (Phi) is 3.23. The maximum atomic E-state index is 5.90. The molecule has 1 fully saturated rings. The number of anilines is 1. The number of nitrogens with zero attached hydrogens (tertiary/aromatic N) is 2. The van der Waals surface area contributed by atoms with Crippen LogP contribution in [0.5, 0.6) is 0 Å². The molecule has 3 nitrogen and oxygen atoms in total. The monoisotopic (exact) mass is 231 g/mol. The van der Waals surface area contributed by atoms with E-state index in [0.717, 1.165) is 42.7 Å². The summed E-state index contributed by atoms with van der Waals surface area (Å²) in [6.07, 6.45) is 3.17. The molecule has 5 heteroatoms. The minimum absolute atomic E-state index is 0.405. The Balaban J connectivity index is 1.75. The largest absolute Gasteiger partial charge is 0.360 e. The number of aryl methyl sites for hydroxylation is 1. The van der Waals surface area contributed by atoms with Gasteiger partial charge in [0.15, 0.2) is 0 Å². The van der Waals surface area contributed by atoms with Crippen LogP contribution in [-0.2, 0) is 6.42 Å². The van der Waals surface area contributed by atoms with Crippen LogP contribution in [-0.4, -0.2) is 21.3 Å². The van der Waals surface area contributed by atoms with Gasteiger partial charge in [-0.2, -0.15) is 4.37 Å². The molecule has 1 aliphatic rings. The van der Waals surface area contributed by atoms with Gasteiger partial charge in [-0.3, -0.25) is 0 Å². The van der Waals surface area contributed by atoms with Gasteiger partial charge in [-0.15, -0.1) is 11.6 Å². The van der Waals surface area contributed by atoms with Crippen LogP contribution < -0.4 is 5.32 Å². The first-order valence-electron chi connectivity index (χ1n) is 4.98. The Bertz CT molecular complexity index is 296. The smallest absolute Gasteiger partial charge is 0.202 e. The van der Waals surface area contributed by atoms with E-state index in [2.05, 4.69) is 21.6 Å². The van der Waals surface area contributed by atoms with Crippen LogP contribution in [0.25, 0.3) is 0 Å². The topological polar surface area (TPSA) is 37.8 Å². The fraction of sp³-hybridized carbons (Fsp3) is 0.778. The summed E-state index contributed by atoms with van der Waals surface area (Å²) in [4.78, 5) is 4.34. The molecule has 1 N–H and O–H groups in total. The van der Waals surface area contributed by atoms with E-state index < -0.39 is 0 Å². The quantitative estimate of drug-likeness (QED) is 0.810. The van der Waals surface area contributed by atoms with Gasteiger partial charge >= 0.3 is 0 Å². The fourth-order valence-electron chi connectivity index (χ4n) is 1.52. The van der Waals surface area contributed by atoms with Crippen molar-refractivity contribution in [3.8, 4) is 0 Å². The highest BCUT2D eigenvalue weighted by Gasteiger charge is 2.26. The van der Waals surface area contributed by atoms with E-state index in [1.165, 1.54) is 11.5 Å². The molecule has 0 amide bonds. The molecule has 78 valence electrons. The number of rotatable bonds is 4. The van der Waals surface area contributed by atoms with Crippen LogP contribution in [0.4, 0.5) is 5.13 Å². The van der Waals surface area contributed by atoms with E-state index in [4.69, 9.17) is 11.6 Å². The molecule has 1 saturated carbocycles. The summed E-state index contributed by atoms with van der Waals surface area (Å²) in [5, 5.41) is 4.66. The first-order chi connectivity index (χ1) is 6.78. The number of hydrogen-bond acceptors (Lipinski definition) is 4. The number of nitrogens with one attached hydrogen (secondary N) is 1. The van der Waals surface area contributed by atoms with Crippen molar-refractivity contribution in [2.45, 2.75) is 31.6 Å². The molecular weight excluding hydrogens is 218 g/mol. The van der Waals surface area contributed by atoms with Crippen LogP contribution in [0.2, 0.25) is 0 Å². The highest BCUT2D eigenvalue weighted by atomic mass is 35.5. The van der Waals surface area contributed by atoms with Gasteiger partial charge in [0.25, 0.3) is 0 Å². The third kappa shape index (κ3) is 2.36. The molecule has 0 radical (unpaired) electrons. The predicted molar refractivity (Wildman–Crippen MR) is 60.1 cm³/mol. The zero-order valence-corrected chi connectivity index (χ0v) is 9.74. The normalized spacial score (nSPS) is 25.9. The molecule has 1 aromatic heterocycles. The Morgan fingerprint density at radius 2 is 2.36 bits per heavy atom. The first-order valence-corrected chi connectivity index (χ1v) is 6.19. The average Bonchev–Trinajstić information content (AvgIpc) is 2.58. The molecule has 0 spiro atoms. The van der Waals surface area contributed by atoms with Crippen molar-refractivity contribution in [1.82, 2.24) is 9.36 Å². The lowest BCUT2D eigenvalue weighted by Gasteiger charge is -2.30. The Labute approximate surface area is 93.1 Å². The molecule has 0 bridgehead atoms. The van der Waals surface area contributed by atoms with Gasteiger partial charge in [0.1, 0.15) is 5.82 Å². The lowest BCUT2D eigenvalue weighted by atomic mass is 9.85. The van der Waals surface area contributed by atoms with Crippen LogP contribution in [0.1, 0.15) is 25.6 Å². The van der Waals surface area contributed by atoms with Crippen molar-refractivity contribution >= 4 is 28.3 Å². The first kappa shape index (κ1) is 10.2. The molecule has 1 aliphatic carbocycles. The summed E-state index contributed by atoms with van der Waals surface area (Å²) < 4.78 is 4.21. The summed E-state index contributed by atoms with van der Waals surface area (Å²) in [6, 6.07) is 0. The fourth-order valence-corrected chi connectivity index (χ4v) is 2.68. The molecule has 0 aromatic carbocycles. The molecule has 1 heterocycles. The van der Waals surface area contributed by atoms with Crippen LogP contribution in [0.3, 0.4) is 0 Å². The van der Waals surface area contributed by atoms with Gasteiger partial charge in [-0.1, -0.05) is 6.92 Å². The second-order valence-corrected chi connectivity index (χ2v) is 5.05. The van der Waals surface area contributed by atoms with Gasteiger partial charge in [0.2, 0.25) is 5.13 Å². The molecule has 14 heavy (non-hydrogen) atoms. The van der Waals surface area contributed by atoms with E-state index in [0.29, 0.717) is 5.38 Å². The summed E-state index contributed by atoms with van der Waals surface area (Å²) >= 11 is 7.35. The number of hydrogen-bond donors (Lipinski definition) is 1. The summed E-state index contributed by atoms with van der Waals surface area (Å²) in [7, 11) is 0. The molecule has 0 unspecified atom stereocenters. The molecule has 2 rings (SSSR count). The molecular formula is C9H14ClN3S. The van der Waals surface area contributed by atoms with Crippen molar-refractivity contribution in [2.75, 3.05) is 11.9 Å². The summed E-state index contributed by atoms with van der Waals surface area (Å²) in [6.45, 7) is 3.05.